The topological polar surface area (TPSA) is 15.3 Å². The molecular weight excluding hydrogens is 246 g/mol. The molecular formula is C15H22F2N2. The van der Waals surface area contributed by atoms with Gasteiger partial charge in [-0.15, -0.1) is 0 Å². The number of benzene rings is 1. The zero-order valence-electron chi connectivity index (χ0n) is 11.6. The maximum atomic E-state index is 13.5. The normalized spacial score (nSPS) is 20.2. The molecule has 2 rings (SSSR count). The summed E-state index contributed by atoms with van der Waals surface area (Å²) in [6, 6.07) is 4.48. The van der Waals surface area contributed by atoms with Gasteiger partial charge in [0, 0.05) is 32.2 Å². The highest BCUT2D eigenvalue weighted by molar-refractivity contribution is 5.22. The fourth-order valence-electron chi connectivity index (χ4n) is 2.78. The molecule has 1 aromatic carbocycles. The van der Waals surface area contributed by atoms with E-state index in [4.69, 9.17) is 0 Å². The van der Waals surface area contributed by atoms with Gasteiger partial charge in [0.2, 0.25) is 0 Å². The first-order valence-electron chi connectivity index (χ1n) is 7.03. The first-order chi connectivity index (χ1) is 9.13. The van der Waals surface area contributed by atoms with Gasteiger partial charge in [-0.2, -0.15) is 0 Å². The summed E-state index contributed by atoms with van der Waals surface area (Å²) in [5, 5.41) is 3.32. The highest BCUT2D eigenvalue weighted by Crippen LogP contribution is 2.31. The molecule has 0 aromatic heterocycles. The summed E-state index contributed by atoms with van der Waals surface area (Å²) < 4.78 is 26.6. The third kappa shape index (κ3) is 3.31. The Morgan fingerprint density at radius 2 is 1.89 bits per heavy atom. The van der Waals surface area contributed by atoms with Crippen LogP contribution < -0.4 is 5.32 Å². The molecule has 106 valence electrons. The average molecular weight is 268 g/mol. The molecule has 1 heterocycles. The van der Waals surface area contributed by atoms with Crippen molar-refractivity contribution in [3.63, 3.8) is 0 Å². The van der Waals surface area contributed by atoms with E-state index in [0.717, 1.165) is 38.2 Å². The minimum Gasteiger partial charge on any atom is -0.314 e. The molecule has 1 N–H and O–H groups in total. The van der Waals surface area contributed by atoms with Crippen molar-refractivity contribution in [2.75, 3.05) is 26.2 Å². The maximum Gasteiger partial charge on any atom is 0.159 e. The van der Waals surface area contributed by atoms with Gasteiger partial charge in [-0.3, -0.25) is 4.90 Å². The Morgan fingerprint density at radius 3 is 2.47 bits per heavy atom. The van der Waals surface area contributed by atoms with Crippen LogP contribution >= 0.6 is 0 Å². The van der Waals surface area contributed by atoms with E-state index in [-0.39, 0.29) is 6.04 Å². The highest BCUT2D eigenvalue weighted by Gasteiger charge is 2.27. The summed E-state index contributed by atoms with van der Waals surface area (Å²) in [5.74, 6) is -1.10. The number of hydrogen-bond donors (Lipinski definition) is 1. The fourth-order valence-corrected chi connectivity index (χ4v) is 2.78. The number of rotatable bonds is 4. The van der Waals surface area contributed by atoms with Crippen LogP contribution in [0, 0.1) is 17.6 Å². The first-order valence-corrected chi connectivity index (χ1v) is 7.03. The molecule has 0 bridgehead atoms. The van der Waals surface area contributed by atoms with Gasteiger partial charge in [-0.25, -0.2) is 8.78 Å². The molecule has 2 atom stereocenters. The van der Waals surface area contributed by atoms with Crippen LogP contribution in [0.1, 0.15) is 31.9 Å². The predicted octanol–water partition coefficient (Wildman–Crippen LogP) is 2.96. The van der Waals surface area contributed by atoms with Crippen molar-refractivity contribution in [1.82, 2.24) is 10.2 Å². The number of piperazine rings is 1. The van der Waals surface area contributed by atoms with Crippen LogP contribution in [-0.4, -0.2) is 31.1 Å². The van der Waals surface area contributed by atoms with Gasteiger partial charge in [0.05, 0.1) is 0 Å². The second-order valence-electron chi connectivity index (χ2n) is 5.29. The van der Waals surface area contributed by atoms with Crippen molar-refractivity contribution in [3.05, 3.63) is 35.4 Å². The molecule has 4 heteroatoms. The van der Waals surface area contributed by atoms with Crippen LogP contribution in [0.2, 0.25) is 0 Å². The lowest BCUT2D eigenvalue weighted by Gasteiger charge is -2.38. The molecule has 0 radical (unpaired) electrons. The van der Waals surface area contributed by atoms with Crippen LogP contribution in [-0.2, 0) is 0 Å². The lowest BCUT2D eigenvalue weighted by molar-refractivity contribution is 0.128. The summed E-state index contributed by atoms with van der Waals surface area (Å²) >= 11 is 0. The number of nitrogens with zero attached hydrogens (tertiary/aromatic N) is 1. The first kappa shape index (κ1) is 14.4. The zero-order chi connectivity index (χ0) is 13.8. The highest BCUT2D eigenvalue weighted by atomic mass is 19.2. The third-order valence-corrected chi connectivity index (χ3v) is 4.01. The van der Waals surface area contributed by atoms with Gasteiger partial charge < -0.3 is 5.32 Å². The molecule has 0 aliphatic carbocycles. The average Bonchev–Trinajstić information content (AvgIpc) is 2.44. The van der Waals surface area contributed by atoms with Gasteiger partial charge in [-0.1, -0.05) is 26.3 Å². The number of nitrogens with one attached hydrogen (secondary N) is 1. The molecule has 1 fully saturated rings. The van der Waals surface area contributed by atoms with Crippen LogP contribution in [0.25, 0.3) is 0 Å². The van der Waals surface area contributed by atoms with E-state index in [9.17, 15) is 8.78 Å². The van der Waals surface area contributed by atoms with Crippen molar-refractivity contribution in [2.45, 2.75) is 26.3 Å². The molecule has 1 unspecified atom stereocenters. The van der Waals surface area contributed by atoms with Gasteiger partial charge in [0.25, 0.3) is 0 Å². The number of hydrogen-bond acceptors (Lipinski definition) is 2. The van der Waals surface area contributed by atoms with E-state index >= 15 is 0 Å². The molecule has 0 amide bonds. The lowest BCUT2D eigenvalue weighted by atomic mass is 9.90. The Balaban J connectivity index is 2.27. The third-order valence-electron chi connectivity index (χ3n) is 4.01. The molecule has 1 saturated heterocycles. The van der Waals surface area contributed by atoms with Gasteiger partial charge in [0.15, 0.2) is 11.6 Å². The monoisotopic (exact) mass is 268 g/mol. The van der Waals surface area contributed by atoms with Gasteiger partial charge in [-0.05, 0) is 23.6 Å². The summed E-state index contributed by atoms with van der Waals surface area (Å²) in [6.07, 6.45) is 1.02. The zero-order valence-corrected chi connectivity index (χ0v) is 11.6. The fraction of sp³-hybridized carbons (Fsp3) is 0.600. The van der Waals surface area contributed by atoms with Crippen LogP contribution in [0.5, 0.6) is 0 Å². The van der Waals surface area contributed by atoms with E-state index in [1.54, 1.807) is 6.07 Å². The molecule has 1 aromatic rings. The molecule has 0 saturated carbocycles. The molecule has 1 aliphatic heterocycles. The molecule has 2 nitrogen and oxygen atoms in total. The van der Waals surface area contributed by atoms with Crippen molar-refractivity contribution in [2.24, 2.45) is 5.92 Å². The second kappa shape index (κ2) is 6.44. The van der Waals surface area contributed by atoms with E-state index in [0.29, 0.717) is 5.92 Å². The molecule has 1 aliphatic rings. The van der Waals surface area contributed by atoms with E-state index in [1.165, 1.54) is 12.1 Å². The van der Waals surface area contributed by atoms with Crippen LogP contribution in [0.3, 0.4) is 0 Å². The van der Waals surface area contributed by atoms with E-state index < -0.39 is 11.6 Å². The van der Waals surface area contributed by atoms with E-state index in [2.05, 4.69) is 24.1 Å². The standard InChI is InChI=1S/C15H22F2N2/c1-3-11(2)15(19-8-6-18-7-9-19)12-4-5-13(16)14(17)10-12/h4-5,10-11,15,18H,3,6-9H2,1-2H3/t11?,15-/m1/s1. The van der Waals surface area contributed by atoms with Crippen LogP contribution in [0.4, 0.5) is 8.78 Å². The Morgan fingerprint density at radius 1 is 1.21 bits per heavy atom. The van der Waals surface area contributed by atoms with Gasteiger partial charge >= 0.3 is 0 Å². The Bertz CT molecular complexity index is 417. The minimum absolute atomic E-state index is 0.169. The SMILES string of the molecule is CCC(C)[C@H](c1ccc(F)c(F)c1)N1CCNCC1. The number of halogens is 2. The predicted molar refractivity (Wildman–Crippen MR) is 73.0 cm³/mol. The van der Waals surface area contributed by atoms with E-state index in [1.807, 2.05) is 0 Å². The smallest absolute Gasteiger partial charge is 0.159 e. The summed E-state index contributed by atoms with van der Waals surface area (Å²) in [4.78, 5) is 2.37. The molecule has 19 heavy (non-hydrogen) atoms. The Kier molecular flexibility index (Phi) is 4.88. The van der Waals surface area contributed by atoms with Gasteiger partial charge in [0.1, 0.15) is 0 Å². The summed E-state index contributed by atoms with van der Waals surface area (Å²) in [7, 11) is 0. The quantitative estimate of drug-likeness (QED) is 0.903. The Labute approximate surface area is 113 Å². The minimum atomic E-state index is -0.771. The molecule has 0 spiro atoms. The second-order valence-corrected chi connectivity index (χ2v) is 5.29. The maximum absolute atomic E-state index is 13.5. The van der Waals surface area contributed by atoms with Crippen molar-refractivity contribution < 1.29 is 8.78 Å². The van der Waals surface area contributed by atoms with Crippen molar-refractivity contribution in [1.29, 1.82) is 0 Å². The lowest BCUT2D eigenvalue weighted by Crippen LogP contribution is -2.46. The largest absolute Gasteiger partial charge is 0.314 e. The van der Waals surface area contributed by atoms with Crippen molar-refractivity contribution in [3.8, 4) is 0 Å². The van der Waals surface area contributed by atoms with Crippen LogP contribution in [0.15, 0.2) is 18.2 Å². The van der Waals surface area contributed by atoms with Crippen molar-refractivity contribution >= 4 is 0 Å². The summed E-state index contributed by atoms with van der Waals surface area (Å²) in [6.45, 7) is 8.13. The Hall–Kier alpha value is -1.00. The summed E-state index contributed by atoms with van der Waals surface area (Å²) in [5.41, 5.74) is 0.884.